The number of hydrogen-bond acceptors (Lipinski definition) is 4. The maximum Gasteiger partial charge on any atom is 0.407 e. The van der Waals surface area contributed by atoms with Crippen LogP contribution >= 0.6 is 0 Å². The van der Waals surface area contributed by atoms with Crippen LogP contribution in [-0.4, -0.2) is 53.3 Å². The van der Waals surface area contributed by atoms with E-state index >= 15 is 0 Å². The Labute approximate surface area is 124 Å². The lowest BCUT2D eigenvalue weighted by atomic mass is 10.2. The summed E-state index contributed by atoms with van der Waals surface area (Å²) in [5.74, 6) is 0.931. The van der Waals surface area contributed by atoms with E-state index in [4.69, 9.17) is 5.11 Å². The minimum atomic E-state index is -0.826. The number of nitrogens with one attached hydrogen (secondary N) is 1. The molecule has 3 rings (SSSR count). The Bertz CT molecular complexity index is 494. The second-order valence-electron chi connectivity index (χ2n) is 5.78. The predicted molar refractivity (Wildman–Crippen MR) is 81.9 cm³/mol. The van der Waals surface area contributed by atoms with Gasteiger partial charge in [-0.3, -0.25) is 0 Å². The van der Waals surface area contributed by atoms with Crippen LogP contribution in [-0.2, 0) is 0 Å². The highest BCUT2D eigenvalue weighted by molar-refractivity contribution is 5.65. The molecule has 0 aromatic carbocycles. The number of anilines is 2. The Hall–Kier alpha value is -1.98. The number of pyridine rings is 1. The van der Waals surface area contributed by atoms with E-state index in [-0.39, 0.29) is 0 Å². The maximum absolute atomic E-state index is 10.9. The fourth-order valence-electron chi connectivity index (χ4n) is 3.13. The molecule has 2 N–H and O–H groups in total. The summed E-state index contributed by atoms with van der Waals surface area (Å²) in [7, 11) is 0. The molecule has 0 atom stereocenters. The Morgan fingerprint density at radius 2 is 1.95 bits per heavy atom. The number of rotatable bonds is 3. The van der Waals surface area contributed by atoms with Gasteiger partial charge >= 0.3 is 6.09 Å². The molecule has 1 saturated heterocycles. The topological polar surface area (TPSA) is 68.7 Å². The first kappa shape index (κ1) is 14.0. The summed E-state index contributed by atoms with van der Waals surface area (Å²) >= 11 is 0. The monoisotopic (exact) mass is 290 g/mol. The summed E-state index contributed by atoms with van der Waals surface area (Å²) in [6.07, 6.45) is 6.05. The third kappa shape index (κ3) is 3.37. The largest absolute Gasteiger partial charge is 0.465 e. The average molecular weight is 290 g/mol. The molecule has 0 unspecified atom stereocenters. The van der Waals surface area contributed by atoms with E-state index in [0.29, 0.717) is 19.1 Å². The van der Waals surface area contributed by atoms with E-state index in [9.17, 15) is 4.79 Å². The van der Waals surface area contributed by atoms with Gasteiger partial charge in [0.05, 0.1) is 0 Å². The van der Waals surface area contributed by atoms with E-state index in [1.54, 1.807) is 0 Å². The Morgan fingerprint density at radius 1 is 1.24 bits per heavy atom. The van der Waals surface area contributed by atoms with Crippen molar-refractivity contribution in [1.29, 1.82) is 0 Å². The van der Waals surface area contributed by atoms with Crippen molar-refractivity contribution < 1.29 is 9.90 Å². The molecule has 0 spiro atoms. The SMILES string of the molecule is O=C(O)N1CCN(c2ccnc(NC3CCCC3)c2)CC1. The summed E-state index contributed by atoms with van der Waals surface area (Å²) in [5, 5.41) is 12.5. The van der Waals surface area contributed by atoms with Crippen molar-refractivity contribution in [2.24, 2.45) is 0 Å². The van der Waals surface area contributed by atoms with Crippen molar-refractivity contribution in [2.45, 2.75) is 31.7 Å². The molecule has 1 aliphatic carbocycles. The Morgan fingerprint density at radius 3 is 2.62 bits per heavy atom. The lowest BCUT2D eigenvalue weighted by Crippen LogP contribution is -2.48. The van der Waals surface area contributed by atoms with Crippen molar-refractivity contribution in [1.82, 2.24) is 9.88 Å². The number of carboxylic acid groups (broad SMARTS) is 1. The van der Waals surface area contributed by atoms with Crippen molar-refractivity contribution in [3.63, 3.8) is 0 Å². The van der Waals surface area contributed by atoms with Gasteiger partial charge in [-0.1, -0.05) is 12.8 Å². The number of carbonyl (C=O) groups is 1. The van der Waals surface area contributed by atoms with Crippen LogP contribution in [0.5, 0.6) is 0 Å². The van der Waals surface area contributed by atoms with E-state index in [2.05, 4.69) is 21.3 Å². The van der Waals surface area contributed by atoms with E-state index in [0.717, 1.165) is 24.6 Å². The van der Waals surface area contributed by atoms with Crippen LogP contribution in [0.4, 0.5) is 16.3 Å². The molecule has 2 heterocycles. The van der Waals surface area contributed by atoms with Crippen LogP contribution in [0.3, 0.4) is 0 Å². The number of piperazine rings is 1. The molecule has 1 aliphatic heterocycles. The zero-order valence-electron chi connectivity index (χ0n) is 12.2. The Kier molecular flexibility index (Phi) is 4.13. The predicted octanol–water partition coefficient (Wildman–Crippen LogP) is 2.24. The number of amides is 1. The van der Waals surface area contributed by atoms with E-state index < -0.39 is 6.09 Å². The normalized spacial score (nSPS) is 19.8. The van der Waals surface area contributed by atoms with Gasteiger partial charge in [0.2, 0.25) is 0 Å². The number of aromatic nitrogens is 1. The van der Waals surface area contributed by atoms with Gasteiger partial charge in [0.15, 0.2) is 0 Å². The van der Waals surface area contributed by atoms with E-state index in [1.165, 1.54) is 30.6 Å². The Balaban J connectivity index is 1.62. The summed E-state index contributed by atoms with van der Waals surface area (Å²) in [4.78, 5) is 19.0. The summed E-state index contributed by atoms with van der Waals surface area (Å²) in [5.41, 5.74) is 1.12. The third-order valence-electron chi connectivity index (χ3n) is 4.37. The van der Waals surface area contributed by atoms with Crippen molar-refractivity contribution >= 4 is 17.6 Å². The van der Waals surface area contributed by atoms with Crippen molar-refractivity contribution in [3.05, 3.63) is 18.3 Å². The molecule has 1 aromatic rings. The fraction of sp³-hybridized carbons (Fsp3) is 0.600. The second-order valence-corrected chi connectivity index (χ2v) is 5.78. The molecule has 6 heteroatoms. The quantitative estimate of drug-likeness (QED) is 0.893. The molecule has 1 amide bonds. The highest BCUT2D eigenvalue weighted by Gasteiger charge is 2.21. The molecule has 1 aromatic heterocycles. The second kappa shape index (κ2) is 6.20. The number of nitrogens with zero attached hydrogens (tertiary/aromatic N) is 3. The highest BCUT2D eigenvalue weighted by atomic mass is 16.4. The van der Waals surface area contributed by atoms with Gasteiger partial charge in [0, 0.05) is 50.2 Å². The minimum absolute atomic E-state index is 0.552. The van der Waals surface area contributed by atoms with Gasteiger partial charge in [0.1, 0.15) is 5.82 Å². The molecular weight excluding hydrogens is 268 g/mol. The first-order chi connectivity index (χ1) is 10.2. The van der Waals surface area contributed by atoms with Crippen molar-refractivity contribution in [2.75, 3.05) is 36.4 Å². The maximum atomic E-state index is 10.9. The summed E-state index contributed by atoms with van der Waals surface area (Å²) in [6.45, 7) is 2.59. The molecule has 114 valence electrons. The number of hydrogen-bond donors (Lipinski definition) is 2. The van der Waals surface area contributed by atoms with Gasteiger partial charge in [-0.2, -0.15) is 0 Å². The van der Waals surface area contributed by atoms with Crippen molar-refractivity contribution in [3.8, 4) is 0 Å². The molecule has 6 nitrogen and oxygen atoms in total. The molecule has 2 aliphatic rings. The fourth-order valence-corrected chi connectivity index (χ4v) is 3.13. The first-order valence-electron chi connectivity index (χ1n) is 7.68. The summed E-state index contributed by atoms with van der Waals surface area (Å²) in [6, 6.07) is 4.63. The van der Waals surface area contributed by atoms with Crippen LogP contribution in [0.2, 0.25) is 0 Å². The molecule has 21 heavy (non-hydrogen) atoms. The zero-order chi connectivity index (χ0) is 14.7. The molecular formula is C15H22N4O2. The van der Waals surface area contributed by atoms with Crippen LogP contribution in [0.15, 0.2) is 18.3 Å². The van der Waals surface area contributed by atoms with Crippen LogP contribution in [0, 0.1) is 0 Å². The van der Waals surface area contributed by atoms with E-state index in [1.807, 2.05) is 12.3 Å². The standard InChI is InChI=1S/C15H22N4O2/c20-15(21)19-9-7-18(8-10-19)13-5-6-16-14(11-13)17-12-3-1-2-4-12/h5-6,11-12H,1-4,7-10H2,(H,16,17)(H,20,21). The summed E-state index contributed by atoms with van der Waals surface area (Å²) < 4.78 is 0. The first-order valence-corrected chi connectivity index (χ1v) is 7.68. The van der Waals surface area contributed by atoms with Gasteiger partial charge in [0.25, 0.3) is 0 Å². The lowest BCUT2D eigenvalue weighted by Gasteiger charge is -2.34. The molecule has 1 saturated carbocycles. The van der Waals surface area contributed by atoms with Crippen LogP contribution in [0.1, 0.15) is 25.7 Å². The minimum Gasteiger partial charge on any atom is -0.465 e. The lowest BCUT2D eigenvalue weighted by molar-refractivity contribution is 0.142. The van der Waals surface area contributed by atoms with Gasteiger partial charge < -0.3 is 20.2 Å². The van der Waals surface area contributed by atoms with Crippen LogP contribution in [0.25, 0.3) is 0 Å². The molecule has 2 fully saturated rings. The smallest absolute Gasteiger partial charge is 0.407 e. The van der Waals surface area contributed by atoms with Gasteiger partial charge in [-0.25, -0.2) is 9.78 Å². The zero-order valence-corrected chi connectivity index (χ0v) is 12.2. The van der Waals surface area contributed by atoms with Crippen LogP contribution < -0.4 is 10.2 Å². The van der Waals surface area contributed by atoms with Gasteiger partial charge in [-0.05, 0) is 18.9 Å². The third-order valence-corrected chi connectivity index (χ3v) is 4.37. The van der Waals surface area contributed by atoms with Gasteiger partial charge in [-0.15, -0.1) is 0 Å². The highest BCUT2D eigenvalue weighted by Crippen LogP contribution is 2.24. The average Bonchev–Trinajstić information content (AvgIpc) is 3.00. The molecule has 0 bridgehead atoms. The molecule has 0 radical (unpaired) electrons.